The highest BCUT2D eigenvalue weighted by Crippen LogP contribution is 2.28. The van der Waals surface area contributed by atoms with Crippen LogP contribution in [-0.4, -0.2) is 26.1 Å². The lowest BCUT2D eigenvalue weighted by Crippen LogP contribution is -2.19. The van der Waals surface area contributed by atoms with Crippen molar-refractivity contribution in [3.8, 4) is 5.75 Å². The molecule has 0 spiro atoms. The Kier molecular flexibility index (Phi) is 5.06. The molecular weight excluding hydrogens is 233 g/mol. The predicted octanol–water partition coefficient (Wildman–Crippen LogP) is 3.41. The zero-order valence-corrected chi connectivity index (χ0v) is 10.5. The highest BCUT2D eigenvalue weighted by Gasteiger charge is 2.05. The molecule has 2 nitrogen and oxygen atoms in total. The Hall–Kier alpha value is -0.600. The van der Waals surface area contributed by atoms with Crippen molar-refractivity contribution in [2.24, 2.45) is 0 Å². The van der Waals surface area contributed by atoms with E-state index in [2.05, 4.69) is 4.90 Å². The lowest BCUT2D eigenvalue weighted by Gasteiger charge is -2.18. The molecule has 0 saturated carbocycles. The van der Waals surface area contributed by atoms with Gasteiger partial charge in [-0.05, 0) is 25.1 Å². The monoisotopic (exact) mass is 247 g/mol. The molecule has 0 aliphatic rings. The molecule has 0 radical (unpaired) electrons. The summed E-state index contributed by atoms with van der Waals surface area (Å²) < 4.78 is 5.35. The molecule has 1 rings (SSSR count). The summed E-state index contributed by atoms with van der Waals surface area (Å²) in [5.74, 6) is 1.32. The van der Waals surface area contributed by atoms with E-state index in [4.69, 9.17) is 27.9 Å². The van der Waals surface area contributed by atoms with E-state index in [-0.39, 0.29) is 0 Å². The van der Waals surface area contributed by atoms with Crippen molar-refractivity contribution in [1.29, 1.82) is 0 Å². The zero-order valence-electron chi connectivity index (χ0n) is 8.96. The van der Waals surface area contributed by atoms with E-state index in [0.29, 0.717) is 17.5 Å². The number of hydrogen-bond donors (Lipinski definition) is 0. The Bertz CT molecular complexity index is 317. The minimum atomic E-state index is 0.599. The lowest BCUT2D eigenvalue weighted by molar-refractivity contribution is 0.340. The molecule has 84 valence electrons. The van der Waals surface area contributed by atoms with Crippen molar-refractivity contribution in [3.05, 3.63) is 23.2 Å². The average molecular weight is 248 g/mol. The van der Waals surface area contributed by atoms with Gasteiger partial charge in [0.05, 0.1) is 11.6 Å². The topological polar surface area (TPSA) is 12.5 Å². The fourth-order valence-electron chi connectivity index (χ4n) is 1.26. The van der Waals surface area contributed by atoms with Crippen LogP contribution in [0.5, 0.6) is 5.75 Å². The van der Waals surface area contributed by atoms with Gasteiger partial charge in [0, 0.05) is 25.2 Å². The highest BCUT2D eigenvalue weighted by atomic mass is 35.5. The number of ether oxygens (including phenoxy) is 1. The van der Waals surface area contributed by atoms with Gasteiger partial charge in [-0.3, -0.25) is 0 Å². The summed E-state index contributed by atoms with van der Waals surface area (Å²) in [4.78, 5) is 2.05. The normalized spacial score (nSPS) is 10.1. The first-order valence-corrected chi connectivity index (χ1v) is 5.79. The number of halogens is 2. The van der Waals surface area contributed by atoms with Gasteiger partial charge in [-0.25, -0.2) is 0 Å². The fraction of sp³-hybridized carbons (Fsp3) is 0.455. The maximum atomic E-state index is 6.07. The van der Waals surface area contributed by atoms with Gasteiger partial charge in [-0.15, -0.1) is 11.6 Å². The molecule has 1 aromatic rings. The smallest absolute Gasteiger partial charge is 0.138 e. The maximum Gasteiger partial charge on any atom is 0.138 e. The van der Waals surface area contributed by atoms with E-state index < -0.39 is 0 Å². The molecule has 0 heterocycles. The van der Waals surface area contributed by atoms with E-state index in [1.807, 2.05) is 32.2 Å². The van der Waals surface area contributed by atoms with Gasteiger partial charge >= 0.3 is 0 Å². The van der Waals surface area contributed by atoms with E-state index in [1.165, 1.54) is 0 Å². The van der Waals surface area contributed by atoms with E-state index in [0.717, 1.165) is 18.0 Å². The van der Waals surface area contributed by atoms with Crippen LogP contribution in [0.15, 0.2) is 18.2 Å². The Morgan fingerprint density at radius 3 is 2.67 bits per heavy atom. The number of rotatable bonds is 5. The number of alkyl halides is 1. The number of hydrogen-bond acceptors (Lipinski definition) is 2. The van der Waals surface area contributed by atoms with E-state index >= 15 is 0 Å². The van der Waals surface area contributed by atoms with Crippen molar-refractivity contribution >= 4 is 28.9 Å². The van der Waals surface area contributed by atoms with Crippen LogP contribution in [0.4, 0.5) is 5.69 Å². The van der Waals surface area contributed by atoms with Crippen molar-refractivity contribution in [2.45, 2.75) is 6.92 Å². The summed E-state index contributed by atoms with van der Waals surface area (Å²) in [5, 5.41) is 0.635. The van der Waals surface area contributed by atoms with Crippen molar-refractivity contribution in [3.63, 3.8) is 0 Å². The van der Waals surface area contributed by atoms with Gasteiger partial charge in [0.2, 0.25) is 0 Å². The summed E-state index contributed by atoms with van der Waals surface area (Å²) in [6.45, 7) is 3.35. The molecule has 1 aromatic carbocycles. The zero-order chi connectivity index (χ0) is 11.3. The molecule has 0 aromatic heterocycles. The Morgan fingerprint density at radius 1 is 1.40 bits per heavy atom. The SMILES string of the molecule is CCOc1ccc(N(C)CCCl)cc1Cl. The van der Waals surface area contributed by atoms with Crippen LogP contribution in [0.3, 0.4) is 0 Å². The first-order chi connectivity index (χ1) is 7.19. The standard InChI is InChI=1S/C11H15Cl2NO/c1-3-15-11-5-4-9(8-10(11)13)14(2)7-6-12/h4-5,8H,3,6-7H2,1-2H3. The number of benzene rings is 1. The van der Waals surface area contributed by atoms with Crippen molar-refractivity contribution in [1.82, 2.24) is 0 Å². The fourth-order valence-corrected chi connectivity index (χ4v) is 1.74. The van der Waals surface area contributed by atoms with Crippen LogP contribution in [0.2, 0.25) is 5.02 Å². The summed E-state index contributed by atoms with van der Waals surface area (Å²) in [5.41, 5.74) is 1.05. The third-order valence-electron chi connectivity index (χ3n) is 2.08. The average Bonchev–Trinajstić information content (AvgIpc) is 2.21. The minimum absolute atomic E-state index is 0.599. The Morgan fingerprint density at radius 2 is 2.13 bits per heavy atom. The molecule has 0 aliphatic carbocycles. The Balaban J connectivity index is 2.81. The largest absolute Gasteiger partial charge is 0.492 e. The van der Waals surface area contributed by atoms with Crippen molar-refractivity contribution < 1.29 is 4.74 Å². The second-order valence-corrected chi connectivity index (χ2v) is 3.94. The molecular formula is C11H15Cl2NO. The summed E-state index contributed by atoms with van der Waals surface area (Å²) in [6.07, 6.45) is 0. The van der Waals surface area contributed by atoms with Gasteiger partial charge in [0.1, 0.15) is 5.75 Å². The van der Waals surface area contributed by atoms with E-state index in [9.17, 15) is 0 Å². The van der Waals surface area contributed by atoms with Gasteiger partial charge in [-0.2, -0.15) is 0 Å². The third kappa shape index (κ3) is 3.47. The molecule has 4 heteroatoms. The predicted molar refractivity (Wildman–Crippen MR) is 66.6 cm³/mol. The van der Waals surface area contributed by atoms with Crippen LogP contribution in [0.25, 0.3) is 0 Å². The number of nitrogens with zero attached hydrogens (tertiary/aromatic N) is 1. The van der Waals surface area contributed by atoms with Gasteiger partial charge in [0.25, 0.3) is 0 Å². The summed E-state index contributed by atoms with van der Waals surface area (Å²) >= 11 is 11.7. The van der Waals surface area contributed by atoms with Gasteiger partial charge in [-0.1, -0.05) is 11.6 Å². The van der Waals surface area contributed by atoms with Crippen molar-refractivity contribution in [2.75, 3.05) is 31.0 Å². The van der Waals surface area contributed by atoms with Gasteiger partial charge < -0.3 is 9.64 Å². The summed E-state index contributed by atoms with van der Waals surface area (Å²) in [6, 6.07) is 5.74. The van der Waals surface area contributed by atoms with Crippen LogP contribution in [0.1, 0.15) is 6.92 Å². The van der Waals surface area contributed by atoms with Crippen LogP contribution < -0.4 is 9.64 Å². The molecule has 0 atom stereocenters. The first-order valence-electron chi connectivity index (χ1n) is 4.88. The molecule has 15 heavy (non-hydrogen) atoms. The van der Waals surface area contributed by atoms with Crippen LogP contribution >= 0.6 is 23.2 Å². The molecule has 0 saturated heterocycles. The molecule has 0 bridgehead atoms. The molecule has 0 unspecified atom stereocenters. The quantitative estimate of drug-likeness (QED) is 0.740. The second kappa shape index (κ2) is 6.09. The summed E-state index contributed by atoms with van der Waals surface area (Å²) in [7, 11) is 1.98. The molecule has 0 amide bonds. The first kappa shape index (κ1) is 12.5. The maximum absolute atomic E-state index is 6.07. The molecule has 0 aliphatic heterocycles. The molecule has 0 N–H and O–H groups in total. The molecule has 0 fully saturated rings. The van der Waals surface area contributed by atoms with Gasteiger partial charge in [0.15, 0.2) is 0 Å². The minimum Gasteiger partial charge on any atom is -0.492 e. The Labute approximate surface area is 101 Å². The second-order valence-electron chi connectivity index (χ2n) is 3.16. The van der Waals surface area contributed by atoms with Crippen LogP contribution in [0, 0.1) is 0 Å². The van der Waals surface area contributed by atoms with Crippen LogP contribution in [-0.2, 0) is 0 Å². The third-order valence-corrected chi connectivity index (χ3v) is 2.54. The number of anilines is 1. The van der Waals surface area contributed by atoms with E-state index in [1.54, 1.807) is 0 Å². The lowest BCUT2D eigenvalue weighted by atomic mass is 10.3. The highest BCUT2D eigenvalue weighted by molar-refractivity contribution is 6.32.